The molecular weight excluding hydrogens is 326 g/mol. The van der Waals surface area contributed by atoms with Crippen LogP contribution in [0.3, 0.4) is 0 Å². The smallest absolute Gasteiger partial charge is 0.131 e. The molecule has 0 N–H and O–H groups in total. The molecular formula is C10H14ClIN2O. The first-order valence-electron chi connectivity index (χ1n) is 5.13. The fraction of sp³-hybridized carbons (Fsp3) is 0.700. The summed E-state index contributed by atoms with van der Waals surface area (Å²) in [6.45, 7) is 2.96. The van der Waals surface area contributed by atoms with Gasteiger partial charge in [-0.2, -0.15) is 5.10 Å². The zero-order chi connectivity index (χ0) is 10.8. The second-order valence-corrected chi connectivity index (χ2v) is 5.52. The maximum absolute atomic E-state index is 5.99. The highest BCUT2D eigenvalue weighted by molar-refractivity contribution is 14.1. The van der Waals surface area contributed by atoms with Crippen LogP contribution in [0, 0.1) is 9.62 Å². The summed E-state index contributed by atoms with van der Waals surface area (Å²) in [7, 11) is 0. The van der Waals surface area contributed by atoms with Crippen LogP contribution in [-0.4, -0.2) is 22.0 Å². The SMILES string of the molecule is CC(C1CCOC(Cl)C1)n1ccc(I)n1. The lowest BCUT2D eigenvalue weighted by atomic mass is 9.93. The second-order valence-electron chi connectivity index (χ2n) is 3.92. The van der Waals surface area contributed by atoms with Crippen LogP contribution >= 0.6 is 34.2 Å². The molecule has 3 unspecified atom stereocenters. The zero-order valence-corrected chi connectivity index (χ0v) is 11.5. The maximum atomic E-state index is 5.99. The molecule has 0 bridgehead atoms. The van der Waals surface area contributed by atoms with E-state index in [0.717, 1.165) is 23.1 Å². The predicted molar refractivity (Wildman–Crippen MR) is 68.0 cm³/mol. The van der Waals surface area contributed by atoms with Gasteiger partial charge in [-0.15, -0.1) is 0 Å². The fourth-order valence-electron chi connectivity index (χ4n) is 1.97. The van der Waals surface area contributed by atoms with E-state index in [9.17, 15) is 0 Å². The highest BCUT2D eigenvalue weighted by Crippen LogP contribution is 2.31. The Kier molecular flexibility index (Phi) is 3.90. The van der Waals surface area contributed by atoms with Crippen molar-refractivity contribution in [3.63, 3.8) is 0 Å². The largest absolute Gasteiger partial charge is 0.362 e. The zero-order valence-electron chi connectivity index (χ0n) is 8.57. The first kappa shape index (κ1) is 11.7. The maximum Gasteiger partial charge on any atom is 0.131 e. The number of ether oxygens (including phenoxy) is 1. The quantitative estimate of drug-likeness (QED) is 0.611. The van der Waals surface area contributed by atoms with Crippen molar-refractivity contribution in [1.29, 1.82) is 0 Å². The van der Waals surface area contributed by atoms with Crippen LogP contribution in [0.4, 0.5) is 0 Å². The van der Waals surface area contributed by atoms with Crippen LogP contribution in [0.2, 0.25) is 0 Å². The molecule has 1 aromatic heterocycles. The van der Waals surface area contributed by atoms with E-state index >= 15 is 0 Å². The number of rotatable bonds is 2. The highest BCUT2D eigenvalue weighted by Gasteiger charge is 2.26. The summed E-state index contributed by atoms with van der Waals surface area (Å²) in [6, 6.07) is 2.42. The lowest BCUT2D eigenvalue weighted by Crippen LogP contribution is -2.27. The summed E-state index contributed by atoms with van der Waals surface area (Å²) < 4.78 is 8.40. The lowest BCUT2D eigenvalue weighted by Gasteiger charge is -2.30. The van der Waals surface area contributed by atoms with Gasteiger partial charge in [-0.1, -0.05) is 11.6 Å². The van der Waals surface area contributed by atoms with Crippen molar-refractivity contribution >= 4 is 34.2 Å². The summed E-state index contributed by atoms with van der Waals surface area (Å²) >= 11 is 8.22. The molecule has 2 rings (SSSR count). The molecule has 1 saturated heterocycles. The average Bonchev–Trinajstić information content (AvgIpc) is 2.64. The Balaban J connectivity index is 2.03. The Morgan fingerprint density at radius 1 is 1.73 bits per heavy atom. The van der Waals surface area contributed by atoms with Crippen molar-refractivity contribution in [2.24, 2.45) is 5.92 Å². The molecule has 3 nitrogen and oxygen atoms in total. The van der Waals surface area contributed by atoms with E-state index in [2.05, 4.69) is 34.6 Å². The summed E-state index contributed by atoms with van der Waals surface area (Å²) in [5.41, 5.74) is -0.124. The number of nitrogens with zero attached hydrogens (tertiary/aromatic N) is 2. The van der Waals surface area contributed by atoms with E-state index in [1.54, 1.807) is 0 Å². The van der Waals surface area contributed by atoms with Crippen LogP contribution in [0.25, 0.3) is 0 Å². The average molecular weight is 341 g/mol. The van der Waals surface area contributed by atoms with E-state index in [4.69, 9.17) is 16.3 Å². The molecule has 0 radical (unpaired) electrons. The summed E-state index contributed by atoms with van der Waals surface area (Å²) in [5.74, 6) is 0.567. The fourth-order valence-corrected chi connectivity index (χ4v) is 2.69. The standard InChI is InChI=1S/C10H14ClIN2O/c1-7(14-4-2-10(12)13-14)8-3-5-15-9(11)6-8/h2,4,7-9H,3,5-6H2,1H3. The normalized spacial score (nSPS) is 29.0. The molecule has 1 aliphatic rings. The van der Waals surface area contributed by atoms with Gasteiger partial charge in [0.25, 0.3) is 0 Å². The minimum atomic E-state index is -0.124. The molecule has 1 fully saturated rings. The van der Waals surface area contributed by atoms with Crippen molar-refractivity contribution in [2.75, 3.05) is 6.61 Å². The van der Waals surface area contributed by atoms with Gasteiger partial charge in [-0.3, -0.25) is 4.68 Å². The third-order valence-corrected chi connectivity index (χ3v) is 3.83. The molecule has 84 valence electrons. The number of alkyl halides is 1. The van der Waals surface area contributed by atoms with Crippen molar-refractivity contribution < 1.29 is 4.74 Å². The van der Waals surface area contributed by atoms with E-state index in [1.165, 1.54) is 0 Å². The molecule has 0 aliphatic carbocycles. The molecule has 1 aromatic rings. The summed E-state index contributed by atoms with van der Waals surface area (Å²) in [5, 5.41) is 4.43. The minimum Gasteiger partial charge on any atom is -0.362 e. The van der Waals surface area contributed by atoms with E-state index in [0.29, 0.717) is 12.0 Å². The van der Waals surface area contributed by atoms with Crippen LogP contribution in [0.1, 0.15) is 25.8 Å². The molecule has 5 heteroatoms. The molecule has 0 saturated carbocycles. The second kappa shape index (κ2) is 5.01. The molecule has 3 atom stereocenters. The Labute approximate surface area is 108 Å². The van der Waals surface area contributed by atoms with Crippen molar-refractivity contribution in [3.8, 4) is 0 Å². The molecule has 2 heterocycles. The first-order valence-corrected chi connectivity index (χ1v) is 6.64. The van der Waals surface area contributed by atoms with Gasteiger partial charge in [0.2, 0.25) is 0 Å². The Bertz CT molecular complexity index is 331. The predicted octanol–water partition coefficient (Wildman–Crippen LogP) is 3.04. The van der Waals surface area contributed by atoms with Gasteiger partial charge in [0.1, 0.15) is 9.26 Å². The van der Waals surface area contributed by atoms with Crippen molar-refractivity contribution in [2.45, 2.75) is 31.4 Å². The number of hydrogen-bond donors (Lipinski definition) is 0. The molecule has 15 heavy (non-hydrogen) atoms. The van der Waals surface area contributed by atoms with Gasteiger partial charge in [0, 0.05) is 12.8 Å². The monoisotopic (exact) mass is 340 g/mol. The Hall–Kier alpha value is 0.190. The van der Waals surface area contributed by atoms with Crippen LogP contribution in [0.5, 0.6) is 0 Å². The van der Waals surface area contributed by atoms with E-state index in [-0.39, 0.29) is 5.56 Å². The third-order valence-electron chi connectivity index (χ3n) is 2.95. The Morgan fingerprint density at radius 3 is 3.13 bits per heavy atom. The van der Waals surface area contributed by atoms with Gasteiger partial charge in [0.15, 0.2) is 0 Å². The van der Waals surface area contributed by atoms with Gasteiger partial charge < -0.3 is 4.74 Å². The van der Waals surface area contributed by atoms with Crippen LogP contribution < -0.4 is 0 Å². The minimum absolute atomic E-state index is 0.124. The molecule has 0 aromatic carbocycles. The summed E-state index contributed by atoms with van der Waals surface area (Å²) in [6.07, 6.45) is 4.02. The number of halogens is 2. The van der Waals surface area contributed by atoms with E-state index in [1.807, 2.05) is 16.9 Å². The summed E-state index contributed by atoms with van der Waals surface area (Å²) in [4.78, 5) is 0. The van der Waals surface area contributed by atoms with Gasteiger partial charge >= 0.3 is 0 Å². The van der Waals surface area contributed by atoms with Gasteiger partial charge in [-0.05, 0) is 54.3 Å². The van der Waals surface area contributed by atoms with Crippen molar-refractivity contribution in [1.82, 2.24) is 9.78 Å². The molecule has 1 aliphatic heterocycles. The first-order chi connectivity index (χ1) is 7.16. The van der Waals surface area contributed by atoms with Gasteiger partial charge in [-0.25, -0.2) is 0 Å². The molecule has 0 amide bonds. The third kappa shape index (κ3) is 2.85. The Morgan fingerprint density at radius 2 is 2.53 bits per heavy atom. The van der Waals surface area contributed by atoms with E-state index < -0.39 is 0 Å². The van der Waals surface area contributed by atoms with Gasteiger partial charge in [0.05, 0.1) is 6.04 Å². The molecule has 0 spiro atoms. The van der Waals surface area contributed by atoms with Crippen LogP contribution in [-0.2, 0) is 4.74 Å². The topological polar surface area (TPSA) is 27.1 Å². The highest BCUT2D eigenvalue weighted by atomic mass is 127. The van der Waals surface area contributed by atoms with Crippen LogP contribution in [0.15, 0.2) is 12.3 Å². The number of hydrogen-bond acceptors (Lipinski definition) is 2. The number of aromatic nitrogens is 2. The van der Waals surface area contributed by atoms with Crippen molar-refractivity contribution in [3.05, 3.63) is 16.0 Å². The lowest BCUT2D eigenvalue weighted by molar-refractivity contribution is 0.0246.